The van der Waals surface area contributed by atoms with Crippen LogP contribution in [0, 0.1) is 0 Å². The Morgan fingerprint density at radius 3 is 2.35 bits per heavy atom. The van der Waals surface area contributed by atoms with E-state index in [9.17, 15) is 8.42 Å². The van der Waals surface area contributed by atoms with Crippen molar-refractivity contribution in [2.24, 2.45) is 5.14 Å². The van der Waals surface area contributed by atoms with Crippen molar-refractivity contribution in [3.8, 4) is 0 Å². The van der Waals surface area contributed by atoms with Crippen LogP contribution >= 0.6 is 0 Å². The minimum absolute atomic E-state index is 0.0997. The molecule has 0 radical (unpaired) electrons. The van der Waals surface area contributed by atoms with Crippen LogP contribution in [0.25, 0.3) is 0 Å². The minimum atomic E-state index is -3.52. The second-order valence-electron chi connectivity index (χ2n) is 3.92. The lowest BCUT2D eigenvalue weighted by molar-refractivity contribution is 0.593. The molecular weight excluding hydrogens is 236 g/mol. The van der Waals surface area contributed by atoms with Gasteiger partial charge in [-0.25, -0.2) is 13.6 Å². The van der Waals surface area contributed by atoms with Crippen LogP contribution in [0.4, 0.5) is 0 Å². The lowest BCUT2D eigenvalue weighted by Crippen LogP contribution is -2.22. The Morgan fingerprint density at radius 2 is 1.82 bits per heavy atom. The number of primary sulfonamides is 1. The van der Waals surface area contributed by atoms with E-state index in [0.29, 0.717) is 0 Å². The van der Waals surface area contributed by atoms with Crippen molar-refractivity contribution in [3.63, 3.8) is 0 Å². The van der Waals surface area contributed by atoms with Gasteiger partial charge in [0.1, 0.15) is 0 Å². The number of nitrogens with one attached hydrogen (secondary N) is 1. The molecule has 1 aromatic carbocycles. The number of rotatable bonds is 4. The molecule has 4 nitrogen and oxygen atoms in total. The predicted octanol–water partition coefficient (Wildman–Crippen LogP) is 1.44. The Labute approximate surface area is 101 Å². The molecule has 1 unspecified atom stereocenters. The molecule has 0 saturated carbocycles. The number of sulfonamides is 1. The van der Waals surface area contributed by atoms with Crippen LogP contribution in [-0.4, -0.2) is 19.2 Å². The fourth-order valence-corrected chi connectivity index (χ4v) is 2.68. The lowest BCUT2D eigenvalue weighted by Gasteiger charge is -2.14. The molecule has 0 aliphatic carbocycles. The molecule has 2 aromatic rings. The van der Waals surface area contributed by atoms with E-state index < -0.39 is 10.0 Å². The first-order valence-corrected chi connectivity index (χ1v) is 6.96. The highest BCUT2D eigenvalue weighted by Gasteiger charge is 2.20. The monoisotopic (exact) mass is 250 g/mol. The smallest absolute Gasteiger partial charge is 0.210 e. The van der Waals surface area contributed by atoms with Gasteiger partial charge in [0.2, 0.25) is 10.0 Å². The van der Waals surface area contributed by atoms with Gasteiger partial charge >= 0.3 is 0 Å². The van der Waals surface area contributed by atoms with E-state index in [0.717, 1.165) is 11.3 Å². The van der Waals surface area contributed by atoms with Crippen molar-refractivity contribution in [3.05, 3.63) is 59.9 Å². The Balaban J connectivity index is 2.38. The summed E-state index contributed by atoms with van der Waals surface area (Å²) >= 11 is 0. The van der Waals surface area contributed by atoms with E-state index in [1.807, 2.05) is 42.5 Å². The van der Waals surface area contributed by atoms with Gasteiger partial charge in [0.15, 0.2) is 0 Å². The first-order valence-electron chi connectivity index (χ1n) is 5.25. The van der Waals surface area contributed by atoms with Crippen LogP contribution in [0.1, 0.15) is 17.2 Å². The van der Waals surface area contributed by atoms with Crippen LogP contribution in [0.2, 0.25) is 0 Å². The SMILES string of the molecule is NS(=O)(=O)CC(c1ccccc1)c1ccc[nH]1. The Kier molecular flexibility index (Phi) is 3.31. The normalized spacial score (nSPS) is 13.5. The maximum absolute atomic E-state index is 11.3. The Bertz CT molecular complexity index is 562. The third-order valence-electron chi connectivity index (χ3n) is 2.60. The van der Waals surface area contributed by atoms with E-state index >= 15 is 0 Å². The standard InChI is InChI=1S/C12H14N2O2S/c13-17(15,16)9-11(12-7-4-8-14-12)10-5-2-1-3-6-10/h1-8,11,14H,9H2,(H2,13,15,16). The van der Waals surface area contributed by atoms with E-state index in [1.54, 1.807) is 6.20 Å². The molecule has 0 fully saturated rings. The molecule has 0 amide bonds. The van der Waals surface area contributed by atoms with E-state index in [4.69, 9.17) is 5.14 Å². The number of benzene rings is 1. The van der Waals surface area contributed by atoms with Gasteiger partial charge in [-0.2, -0.15) is 0 Å². The molecule has 5 heteroatoms. The minimum Gasteiger partial charge on any atom is -0.364 e. The van der Waals surface area contributed by atoms with Gasteiger partial charge in [0.25, 0.3) is 0 Å². The molecule has 0 aliphatic heterocycles. The van der Waals surface area contributed by atoms with Crippen molar-refractivity contribution in [2.75, 3.05) is 5.75 Å². The zero-order valence-electron chi connectivity index (χ0n) is 9.21. The molecule has 0 spiro atoms. The van der Waals surface area contributed by atoms with Gasteiger partial charge in [-0.1, -0.05) is 30.3 Å². The molecule has 90 valence electrons. The fourth-order valence-electron chi connectivity index (χ4n) is 1.84. The van der Waals surface area contributed by atoms with Crippen molar-refractivity contribution in [2.45, 2.75) is 5.92 Å². The quantitative estimate of drug-likeness (QED) is 0.861. The van der Waals surface area contributed by atoms with Crippen LogP contribution < -0.4 is 5.14 Å². The summed E-state index contributed by atoms with van der Waals surface area (Å²) in [6.07, 6.45) is 1.77. The molecular formula is C12H14N2O2S. The number of aromatic nitrogens is 1. The third-order valence-corrected chi connectivity index (χ3v) is 3.40. The second-order valence-corrected chi connectivity index (χ2v) is 5.58. The van der Waals surface area contributed by atoms with Gasteiger partial charge in [-0.05, 0) is 17.7 Å². The van der Waals surface area contributed by atoms with Crippen LogP contribution in [-0.2, 0) is 10.0 Å². The molecule has 1 atom stereocenters. The first-order chi connectivity index (χ1) is 8.06. The summed E-state index contributed by atoms with van der Waals surface area (Å²) in [7, 11) is -3.52. The van der Waals surface area contributed by atoms with Gasteiger partial charge < -0.3 is 4.98 Å². The van der Waals surface area contributed by atoms with E-state index in [1.165, 1.54) is 0 Å². The van der Waals surface area contributed by atoms with Crippen LogP contribution in [0.15, 0.2) is 48.7 Å². The molecule has 0 saturated heterocycles. The topological polar surface area (TPSA) is 76.0 Å². The van der Waals surface area contributed by atoms with Crippen LogP contribution in [0.3, 0.4) is 0 Å². The third kappa shape index (κ3) is 3.18. The summed E-state index contributed by atoms with van der Waals surface area (Å²) < 4.78 is 22.5. The van der Waals surface area contributed by atoms with Gasteiger partial charge in [-0.15, -0.1) is 0 Å². The average molecular weight is 250 g/mol. The maximum Gasteiger partial charge on any atom is 0.210 e. The van der Waals surface area contributed by atoms with Crippen molar-refractivity contribution < 1.29 is 8.42 Å². The molecule has 0 aliphatic rings. The summed E-state index contributed by atoms with van der Waals surface area (Å²) in [5.41, 5.74) is 1.79. The maximum atomic E-state index is 11.3. The summed E-state index contributed by atoms with van der Waals surface area (Å²) in [5.74, 6) is -0.349. The molecule has 17 heavy (non-hydrogen) atoms. The zero-order valence-corrected chi connectivity index (χ0v) is 10.0. The highest BCUT2D eigenvalue weighted by molar-refractivity contribution is 7.89. The number of hydrogen-bond donors (Lipinski definition) is 2. The number of H-pyrrole nitrogens is 1. The number of hydrogen-bond acceptors (Lipinski definition) is 2. The molecule has 2 rings (SSSR count). The summed E-state index contributed by atoms with van der Waals surface area (Å²) in [6.45, 7) is 0. The molecule has 1 heterocycles. The van der Waals surface area contributed by atoms with Crippen LogP contribution in [0.5, 0.6) is 0 Å². The van der Waals surface area contributed by atoms with Gasteiger partial charge in [-0.3, -0.25) is 0 Å². The predicted molar refractivity (Wildman–Crippen MR) is 67.1 cm³/mol. The molecule has 0 bridgehead atoms. The zero-order chi connectivity index (χ0) is 12.3. The molecule has 3 N–H and O–H groups in total. The average Bonchev–Trinajstić information content (AvgIpc) is 2.79. The highest BCUT2D eigenvalue weighted by atomic mass is 32.2. The summed E-state index contributed by atoms with van der Waals surface area (Å²) in [5, 5.41) is 5.14. The van der Waals surface area contributed by atoms with E-state index in [2.05, 4.69) is 4.98 Å². The van der Waals surface area contributed by atoms with Crippen molar-refractivity contribution in [1.29, 1.82) is 0 Å². The second kappa shape index (κ2) is 4.73. The lowest BCUT2D eigenvalue weighted by atomic mass is 9.98. The van der Waals surface area contributed by atoms with E-state index in [-0.39, 0.29) is 11.7 Å². The first kappa shape index (κ1) is 11.9. The highest BCUT2D eigenvalue weighted by Crippen LogP contribution is 2.24. The summed E-state index contributed by atoms with van der Waals surface area (Å²) in [4.78, 5) is 3.04. The van der Waals surface area contributed by atoms with Gasteiger partial charge in [0, 0.05) is 17.8 Å². The summed E-state index contributed by atoms with van der Waals surface area (Å²) in [6, 6.07) is 13.2. The Hall–Kier alpha value is -1.59. The molecule has 1 aromatic heterocycles. The Morgan fingerprint density at radius 1 is 1.12 bits per heavy atom. The van der Waals surface area contributed by atoms with Crippen molar-refractivity contribution >= 4 is 10.0 Å². The largest absolute Gasteiger partial charge is 0.364 e. The number of nitrogens with two attached hydrogens (primary N) is 1. The fraction of sp³-hybridized carbons (Fsp3) is 0.167. The van der Waals surface area contributed by atoms with Gasteiger partial charge in [0.05, 0.1) is 5.75 Å². The number of aromatic amines is 1. The van der Waals surface area contributed by atoms with Crippen molar-refractivity contribution in [1.82, 2.24) is 4.98 Å².